The lowest BCUT2D eigenvalue weighted by Crippen LogP contribution is -2.12. The van der Waals surface area contributed by atoms with Crippen LogP contribution in [0.3, 0.4) is 0 Å². The van der Waals surface area contributed by atoms with E-state index in [2.05, 4.69) is 5.32 Å². The Bertz CT molecular complexity index is 1260. The summed E-state index contributed by atoms with van der Waals surface area (Å²) >= 11 is 0. The molecule has 146 valence electrons. The Labute approximate surface area is 165 Å². The Morgan fingerprint density at radius 3 is 2.66 bits per heavy atom. The molecule has 3 N–H and O–H groups in total. The number of nitrogens with zero attached hydrogens (tertiary/aromatic N) is 1. The van der Waals surface area contributed by atoms with Crippen molar-refractivity contribution in [3.05, 3.63) is 75.8 Å². The van der Waals surface area contributed by atoms with Crippen molar-refractivity contribution in [1.29, 1.82) is 0 Å². The molecule has 0 saturated heterocycles. The predicted octanol–water partition coefficient (Wildman–Crippen LogP) is 4.21. The van der Waals surface area contributed by atoms with Crippen LogP contribution in [0.4, 0.5) is 11.4 Å². The van der Waals surface area contributed by atoms with E-state index in [9.17, 15) is 14.9 Å². The number of rotatable bonds is 6. The van der Waals surface area contributed by atoms with Crippen LogP contribution in [0.25, 0.3) is 21.9 Å². The molecule has 8 heteroatoms. The fourth-order valence-corrected chi connectivity index (χ4v) is 3.29. The third-order valence-corrected chi connectivity index (χ3v) is 4.73. The average molecular weight is 391 g/mol. The highest BCUT2D eigenvalue weighted by atomic mass is 16.6. The van der Waals surface area contributed by atoms with Crippen LogP contribution in [0.1, 0.15) is 15.9 Å². The zero-order valence-electron chi connectivity index (χ0n) is 15.5. The molecule has 1 aromatic heterocycles. The van der Waals surface area contributed by atoms with Crippen molar-refractivity contribution in [2.75, 3.05) is 12.4 Å². The molecule has 0 fully saturated rings. The van der Waals surface area contributed by atoms with Gasteiger partial charge >= 0.3 is 0 Å². The van der Waals surface area contributed by atoms with Crippen molar-refractivity contribution in [3.8, 4) is 5.75 Å². The van der Waals surface area contributed by atoms with Gasteiger partial charge in [-0.3, -0.25) is 14.9 Å². The maximum atomic E-state index is 11.4. The number of furan rings is 1. The number of benzene rings is 3. The molecule has 0 atom stereocenters. The molecule has 1 heterocycles. The number of nitro benzene ring substituents is 1. The van der Waals surface area contributed by atoms with Gasteiger partial charge in [-0.05, 0) is 24.3 Å². The number of hydrogen-bond donors (Lipinski definition) is 2. The third-order valence-electron chi connectivity index (χ3n) is 4.73. The summed E-state index contributed by atoms with van der Waals surface area (Å²) in [6.45, 7) is 0.150. The maximum Gasteiger partial charge on any atom is 0.275 e. The standard InChI is InChI=1S/C21H17N3O5/c1-28-20-9-15-14-4-2-3-5-18(14)29-19(15)10-16(20)23-11-13-7-6-12(21(22)25)8-17(13)24(26)27/h2-10,23H,11H2,1H3,(H2,22,25). The van der Waals surface area contributed by atoms with Crippen LogP contribution >= 0.6 is 0 Å². The molecule has 29 heavy (non-hydrogen) atoms. The van der Waals surface area contributed by atoms with Gasteiger partial charge in [-0.2, -0.15) is 0 Å². The molecule has 0 aliphatic heterocycles. The minimum atomic E-state index is -0.718. The molecule has 0 aliphatic rings. The first kappa shape index (κ1) is 18.3. The summed E-state index contributed by atoms with van der Waals surface area (Å²) < 4.78 is 11.4. The van der Waals surface area contributed by atoms with Crippen molar-refractivity contribution in [3.63, 3.8) is 0 Å². The van der Waals surface area contributed by atoms with Crippen LogP contribution in [-0.2, 0) is 6.54 Å². The fraction of sp³-hybridized carbons (Fsp3) is 0.0952. The molecule has 8 nitrogen and oxygen atoms in total. The second kappa shape index (κ2) is 7.16. The topological polar surface area (TPSA) is 121 Å². The molecule has 0 spiro atoms. The van der Waals surface area contributed by atoms with Crippen LogP contribution in [0, 0.1) is 10.1 Å². The smallest absolute Gasteiger partial charge is 0.275 e. The number of nitrogens with one attached hydrogen (secondary N) is 1. The highest BCUT2D eigenvalue weighted by Gasteiger charge is 2.18. The second-order valence-electron chi connectivity index (χ2n) is 6.47. The van der Waals surface area contributed by atoms with Crippen LogP contribution in [0.5, 0.6) is 5.75 Å². The SMILES string of the molecule is COc1cc2c(cc1NCc1ccc(C(N)=O)cc1[N+](=O)[O-])oc1ccccc12. The summed E-state index contributed by atoms with van der Waals surface area (Å²) in [4.78, 5) is 22.2. The monoisotopic (exact) mass is 391 g/mol. The molecule has 0 saturated carbocycles. The van der Waals surface area contributed by atoms with Gasteiger partial charge < -0.3 is 20.2 Å². The molecular weight excluding hydrogens is 374 g/mol. The van der Waals surface area contributed by atoms with E-state index in [-0.39, 0.29) is 17.8 Å². The average Bonchev–Trinajstić information content (AvgIpc) is 3.08. The lowest BCUT2D eigenvalue weighted by atomic mass is 10.1. The molecule has 4 aromatic rings. The van der Waals surface area contributed by atoms with E-state index in [4.69, 9.17) is 14.9 Å². The third kappa shape index (κ3) is 3.31. The summed E-state index contributed by atoms with van der Waals surface area (Å²) in [6.07, 6.45) is 0. The molecule has 3 aromatic carbocycles. The maximum absolute atomic E-state index is 11.4. The number of carbonyl (C=O) groups is 1. The number of primary amides is 1. The number of para-hydroxylation sites is 1. The summed E-state index contributed by atoms with van der Waals surface area (Å²) in [5.74, 6) is -0.134. The first-order valence-corrected chi connectivity index (χ1v) is 8.78. The van der Waals surface area contributed by atoms with Gasteiger partial charge in [0.05, 0.1) is 17.7 Å². The Hall–Kier alpha value is -4.07. The largest absolute Gasteiger partial charge is 0.495 e. The quantitative estimate of drug-likeness (QED) is 0.375. The van der Waals surface area contributed by atoms with Crippen molar-refractivity contribution in [1.82, 2.24) is 0 Å². The number of carbonyl (C=O) groups excluding carboxylic acids is 1. The van der Waals surface area contributed by atoms with Gasteiger partial charge in [0.1, 0.15) is 16.9 Å². The van der Waals surface area contributed by atoms with E-state index in [1.807, 2.05) is 30.3 Å². The summed E-state index contributed by atoms with van der Waals surface area (Å²) in [5, 5.41) is 16.4. The molecular formula is C21H17N3O5. The molecule has 1 amide bonds. The number of ether oxygens (including phenoxy) is 1. The van der Waals surface area contributed by atoms with Crippen molar-refractivity contribution in [2.24, 2.45) is 5.73 Å². The predicted molar refractivity (Wildman–Crippen MR) is 109 cm³/mol. The van der Waals surface area contributed by atoms with Crippen LogP contribution in [-0.4, -0.2) is 17.9 Å². The second-order valence-corrected chi connectivity index (χ2v) is 6.47. The van der Waals surface area contributed by atoms with Crippen LogP contribution in [0.2, 0.25) is 0 Å². The number of anilines is 1. The zero-order valence-corrected chi connectivity index (χ0v) is 15.5. The highest BCUT2D eigenvalue weighted by molar-refractivity contribution is 6.06. The number of nitro groups is 1. The Kier molecular flexibility index (Phi) is 4.52. The van der Waals surface area contributed by atoms with E-state index in [0.29, 0.717) is 22.6 Å². The summed E-state index contributed by atoms with van der Waals surface area (Å²) in [7, 11) is 1.55. The van der Waals surface area contributed by atoms with Crippen molar-refractivity contribution in [2.45, 2.75) is 6.54 Å². The first-order chi connectivity index (χ1) is 14.0. The number of methoxy groups -OCH3 is 1. The Morgan fingerprint density at radius 1 is 1.14 bits per heavy atom. The minimum Gasteiger partial charge on any atom is -0.495 e. The molecule has 0 radical (unpaired) electrons. The highest BCUT2D eigenvalue weighted by Crippen LogP contribution is 2.36. The molecule has 4 rings (SSSR count). The van der Waals surface area contributed by atoms with Gasteiger partial charge in [0.25, 0.3) is 5.69 Å². The van der Waals surface area contributed by atoms with Gasteiger partial charge in [0.2, 0.25) is 5.91 Å². The summed E-state index contributed by atoms with van der Waals surface area (Å²) in [5.41, 5.74) is 7.60. The van der Waals surface area contributed by atoms with Gasteiger partial charge in [-0.15, -0.1) is 0 Å². The lowest BCUT2D eigenvalue weighted by Gasteiger charge is -2.12. The van der Waals surface area contributed by atoms with Gasteiger partial charge in [0.15, 0.2) is 0 Å². The van der Waals surface area contributed by atoms with E-state index in [1.165, 1.54) is 18.2 Å². The lowest BCUT2D eigenvalue weighted by molar-refractivity contribution is -0.385. The van der Waals surface area contributed by atoms with E-state index >= 15 is 0 Å². The minimum absolute atomic E-state index is 0.0849. The van der Waals surface area contributed by atoms with Gasteiger partial charge in [-0.1, -0.05) is 18.2 Å². The van der Waals surface area contributed by atoms with Gasteiger partial charge in [0, 0.05) is 40.6 Å². The normalized spacial score (nSPS) is 10.9. The van der Waals surface area contributed by atoms with Crippen molar-refractivity contribution >= 4 is 39.2 Å². The first-order valence-electron chi connectivity index (χ1n) is 8.78. The van der Waals surface area contributed by atoms with E-state index < -0.39 is 10.8 Å². The molecule has 0 unspecified atom stereocenters. The van der Waals surface area contributed by atoms with E-state index in [0.717, 1.165) is 16.4 Å². The number of fused-ring (bicyclic) bond motifs is 3. The van der Waals surface area contributed by atoms with Crippen LogP contribution < -0.4 is 15.8 Å². The molecule has 0 bridgehead atoms. The van der Waals surface area contributed by atoms with Crippen molar-refractivity contribution < 1.29 is 18.9 Å². The number of nitrogens with two attached hydrogens (primary N) is 1. The van der Waals surface area contributed by atoms with Crippen LogP contribution in [0.15, 0.2) is 59.0 Å². The molecule has 0 aliphatic carbocycles. The van der Waals surface area contributed by atoms with E-state index in [1.54, 1.807) is 13.2 Å². The number of hydrogen-bond acceptors (Lipinski definition) is 6. The Morgan fingerprint density at radius 2 is 1.93 bits per heavy atom. The Balaban J connectivity index is 1.70. The zero-order chi connectivity index (χ0) is 20.5. The van der Waals surface area contributed by atoms with Gasteiger partial charge in [-0.25, -0.2) is 0 Å². The summed E-state index contributed by atoms with van der Waals surface area (Å²) in [6, 6.07) is 15.5. The fourth-order valence-electron chi connectivity index (χ4n) is 3.29. The number of amides is 1.